The minimum atomic E-state index is 0. The zero-order valence-electron chi connectivity index (χ0n) is 17.9. The third-order valence-corrected chi connectivity index (χ3v) is 4.34. The summed E-state index contributed by atoms with van der Waals surface area (Å²) in [4.78, 5) is 0. The van der Waals surface area contributed by atoms with E-state index in [0.717, 1.165) is 6.42 Å². The number of benzene rings is 2. The number of rotatable bonds is 1. The first kappa shape index (κ1) is 32.9. The molecule has 0 bridgehead atoms. The van der Waals surface area contributed by atoms with E-state index < -0.39 is 0 Å². The summed E-state index contributed by atoms with van der Waals surface area (Å²) in [6.45, 7) is 9.47. The fraction of sp³-hybridized carbons (Fsp3) is 0.160. The van der Waals surface area contributed by atoms with E-state index in [4.69, 9.17) is 0 Å². The maximum atomic E-state index is 3.12. The quantitative estimate of drug-likeness (QED) is 0.225. The molecule has 3 aromatic rings. The molecule has 0 N–H and O–H groups in total. The van der Waals surface area contributed by atoms with Crippen LogP contribution in [0.3, 0.4) is 0 Å². The SMILES string of the molecule is CC1=C(C)C[C-]=C1.Cc1cc2c(-c3ccccc3)cccc2[cH-]1.Cl.Cl.[CH3-].[CH3-].[Si]=[Zr]. The van der Waals surface area contributed by atoms with E-state index in [1.807, 2.05) is 0 Å². The average Bonchev–Trinajstić information content (AvgIpc) is 3.22. The number of hydrogen-bond donors (Lipinski definition) is 0. The summed E-state index contributed by atoms with van der Waals surface area (Å²) in [6.07, 6.45) is 6.22. The number of halogens is 2. The molecule has 3 aromatic carbocycles. The molecular weight excluding hydrogens is 490 g/mol. The number of aryl methyl sites for hydroxylation is 1. The van der Waals surface area contributed by atoms with Gasteiger partial charge in [0.25, 0.3) is 0 Å². The average molecular weight is 521 g/mol. The number of allylic oxidation sites excluding steroid dienone is 4. The van der Waals surface area contributed by atoms with Crippen molar-refractivity contribution in [2.45, 2.75) is 27.2 Å². The van der Waals surface area contributed by atoms with Crippen LogP contribution in [0.5, 0.6) is 0 Å². The molecule has 0 saturated heterocycles. The van der Waals surface area contributed by atoms with Crippen molar-refractivity contribution >= 4 is 42.5 Å². The summed E-state index contributed by atoms with van der Waals surface area (Å²) in [7, 11) is 0. The predicted octanol–water partition coefficient (Wildman–Crippen LogP) is 7.98. The van der Waals surface area contributed by atoms with Gasteiger partial charge < -0.3 is 14.9 Å². The Hall–Kier alpha value is -0.790. The second-order valence-electron chi connectivity index (χ2n) is 6.20. The first-order valence-corrected chi connectivity index (χ1v) is 12.5. The molecule has 4 heteroatoms. The van der Waals surface area contributed by atoms with Crippen LogP contribution in [0.2, 0.25) is 0 Å². The molecule has 156 valence electrons. The summed E-state index contributed by atoms with van der Waals surface area (Å²) in [6, 6.07) is 21.6. The first-order valence-electron chi connectivity index (χ1n) is 8.34. The molecule has 1 aliphatic rings. The Balaban J connectivity index is -0.000000452. The molecule has 29 heavy (non-hydrogen) atoms. The van der Waals surface area contributed by atoms with Crippen molar-refractivity contribution in [1.82, 2.24) is 0 Å². The fourth-order valence-corrected chi connectivity index (χ4v) is 2.87. The van der Waals surface area contributed by atoms with Gasteiger partial charge in [-0.3, -0.25) is 6.08 Å². The topological polar surface area (TPSA) is 0 Å². The molecule has 1 aliphatic carbocycles. The monoisotopic (exact) mass is 518 g/mol. The van der Waals surface area contributed by atoms with Crippen LogP contribution < -0.4 is 0 Å². The van der Waals surface area contributed by atoms with E-state index in [1.54, 1.807) is 0 Å². The van der Waals surface area contributed by atoms with E-state index in [0.29, 0.717) is 0 Å². The fourth-order valence-electron chi connectivity index (χ4n) is 2.87. The predicted molar refractivity (Wildman–Crippen MR) is 134 cm³/mol. The van der Waals surface area contributed by atoms with Gasteiger partial charge in [-0.2, -0.15) is 11.6 Å². The van der Waals surface area contributed by atoms with Gasteiger partial charge in [0.15, 0.2) is 0 Å². The summed E-state index contributed by atoms with van der Waals surface area (Å²) in [5.41, 5.74) is 6.79. The molecule has 0 fully saturated rings. The molecule has 0 aromatic heterocycles. The van der Waals surface area contributed by atoms with Gasteiger partial charge >= 0.3 is 30.2 Å². The molecule has 2 radical (unpaired) electrons. The van der Waals surface area contributed by atoms with Crippen LogP contribution in [0.15, 0.2) is 77.9 Å². The molecule has 0 saturated carbocycles. The molecule has 0 heterocycles. The second-order valence-corrected chi connectivity index (χ2v) is 6.20. The second kappa shape index (κ2) is 16.9. The van der Waals surface area contributed by atoms with Gasteiger partial charge in [-0.25, -0.2) is 11.6 Å². The third-order valence-electron chi connectivity index (χ3n) is 4.34. The molecule has 0 amide bonds. The Labute approximate surface area is 207 Å². The Morgan fingerprint density at radius 3 is 2.00 bits per heavy atom. The van der Waals surface area contributed by atoms with Crippen LogP contribution in [-0.2, 0) is 23.3 Å². The van der Waals surface area contributed by atoms with Crippen molar-refractivity contribution in [3.63, 3.8) is 0 Å². The third kappa shape index (κ3) is 9.26. The van der Waals surface area contributed by atoms with Crippen LogP contribution in [0, 0.1) is 27.9 Å². The van der Waals surface area contributed by atoms with E-state index in [-0.39, 0.29) is 39.7 Å². The van der Waals surface area contributed by atoms with Crippen LogP contribution in [-0.4, -0.2) is 6.88 Å². The molecule has 0 nitrogen and oxygen atoms in total. The summed E-state index contributed by atoms with van der Waals surface area (Å²) < 4.78 is 0. The zero-order valence-corrected chi connectivity index (χ0v) is 23.0. The molecule has 4 rings (SSSR count). The standard InChI is InChI=1S/C16H13.C7H9.2CH3.2ClH.Si.Zr/c1-12-10-14-8-5-9-15(16(14)11-12)13-6-3-2-4-7-13;1-6-4-3-5-7(6)2;;;;;;/h2-11H,1H3;4H,5H2,1-2H3;2*1H3;2*1H;;/q4*-1;;;;. The first-order chi connectivity index (χ1) is 12.1. The van der Waals surface area contributed by atoms with Gasteiger partial charge in [-0.1, -0.05) is 55.8 Å². The Morgan fingerprint density at radius 1 is 0.897 bits per heavy atom. The number of fused-ring (bicyclic) bond motifs is 1. The summed E-state index contributed by atoms with van der Waals surface area (Å²) >= 11 is 1.36. The molecule has 0 spiro atoms. The zero-order chi connectivity index (χ0) is 18.2. The van der Waals surface area contributed by atoms with E-state index in [1.165, 1.54) is 61.9 Å². The summed E-state index contributed by atoms with van der Waals surface area (Å²) in [5.74, 6) is 0. The number of hydrogen-bond acceptors (Lipinski definition) is 0. The maximum absolute atomic E-state index is 3.12. The Bertz CT molecular complexity index is 896. The van der Waals surface area contributed by atoms with Crippen molar-refractivity contribution in [3.8, 4) is 11.1 Å². The van der Waals surface area contributed by atoms with Crippen molar-refractivity contribution in [2.24, 2.45) is 0 Å². The van der Waals surface area contributed by atoms with Crippen molar-refractivity contribution in [2.75, 3.05) is 0 Å². The molecule has 0 atom stereocenters. The van der Waals surface area contributed by atoms with Crippen molar-refractivity contribution in [3.05, 3.63) is 104 Å². The van der Waals surface area contributed by atoms with E-state index >= 15 is 0 Å². The minimum absolute atomic E-state index is 0. The molecule has 0 aliphatic heterocycles. The van der Waals surface area contributed by atoms with Gasteiger partial charge in [0.2, 0.25) is 0 Å². The van der Waals surface area contributed by atoms with Crippen LogP contribution >= 0.6 is 24.8 Å². The van der Waals surface area contributed by atoms with Crippen LogP contribution in [0.25, 0.3) is 21.9 Å². The van der Waals surface area contributed by atoms with Gasteiger partial charge in [-0.05, 0) is 5.56 Å². The van der Waals surface area contributed by atoms with Crippen molar-refractivity contribution < 1.29 is 23.3 Å². The summed E-state index contributed by atoms with van der Waals surface area (Å²) in [5, 5.41) is 2.69. The Kier molecular flexibility index (Phi) is 19.2. The van der Waals surface area contributed by atoms with Crippen LogP contribution in [0.4, 0.5) is 0 Å². The van der Waals surface area contributed by atoms with E-state index in [2.05, 4.69) is 100 Å². The Morgan fingerprint density at radius 2 is 1.52 bits per heavy atom. The van der Waals surface area contributed by atoms with Gasteiger partial charge in [0.05, 0.1) is 0 Å². The molecular formula is C25H30Cl2SiZr-4. The van der Waals surface area contributed by atoms with Gasteiger partial charge in [-0.15, -0.1) is 72.7 Å². The van der Waals surface area contributed by atoms with Crippen LogP contribution in [0.1, 0.15) is 25.8 Å². The normalized spacial score (nSPS) is 10.7. The van der Waals surface area contributed by atoms with Gasteiger partial charge in [0, 0.05) is 0 Å². The van der Waals surface area contributed by atoms with E-state index in [9.17, 15) is 0 Å². The van der Waals surface area contributed by atoms with Crippen molar-refractivity contribution in [1.29, 1.82) is 0 Å². The van der Waals surface area contributed by atoms with Gasteiger partial charge in [0.1, 0.15) is 0 Å². The molecule has 0 unspecified atom stereocenters.